The minimum Gasteiger partial charge on any atom is -0.381 e. The summed E-state index contributed by atoms with van der Waals surface area (Å²) in [7, 11) is 0. The molecule has 1 aromatic carbocycles. The summed E-state index contributed by atoms with van der Waals surface area (Å²) in [6.45, 7) is 16.7. The zero-order chi connectivity index (χ0) is 18.2. The van der Waals surface area contributed by atoms with E-state index >= 15 is 0 Å². The van der Waals surface area contributed by atoms with Crippen LogP contribution in [-0.4, -0.2) is 5.71 Å². The molecule has 25 heavy (non-hydrogen) atoms. The molecule has 0 amide bonds. The fourth-order valence-corrected chi connectivity index (χ4v) is 2.40. The molecule has 0 bridgehead atoms. The van der Waals surface area contributed by atoms with Crippen molar-refractivity contribution >= 4 is 5.71 Å². The maximum Gasteiger partial charge on any atom is 0.0913 e. The van der Waals surface area contributed by atoms with Crippen molar-refractivity contribution in [3.63, 3.8) is 0 Å². The van der Waals surface area contributed by atoms with Crippen LogP contribution < -0.4 is 10.7 Å². The van der Waals surface area contributed by atoms with Crippen LogP contribution in [0.4, 0.5) is 0 Å². The molecule has 3 nitrogen and oxygen atoms in total. The summed E-state index contributed by atoms with van der Waals surface area (Å²) in [6.07, 6.45) is 9.62. The average Bonchev–Trinajstić information content (AvgIpc) is 2.61. The number of nitrogens with one attached hydrogen (secondary N) is 2. The Labute approximate surface area is 150 Å². The van der Waals surface area contributed by atoms with Gasteiger partial charge >= 0.3 is 0 Å². The van der Waals surface area contributed by atoms with Gasteiger partial charge in [-0.25, -0.2) is 0 Å². The van der Waals surface area contributed by atoms with Gasteiger partial charge in [-0.2, -0.15) is 5.10 Å². The van der Waals surface area contributed by atoms with Crippen molar-refractivity contribution in [3.05, 3.63) is 108 Å². The highest BCUT2D eigenvalue weighted by Crippen LogP contribution is 2.19. The predicted octanol–water partition coefficient (Wildman–Crippen LogP) is 4.69. The van der Waals surface area contributed by atoms with Crippen LogP contribution in [0.1, 0.15) is 18.1 Å². The van der Waals surface area contributed by atoms with E-state index in [1.807, 2.05) is 31.2 Å². The van der Waals surface area contributed by atoms with Crippen molar-refractivity contribution in [2.75, 3.05) is 0 Å². The highest BCUT2D eigenvalue weighted by molar-refractivity contribution is 6.12. The number of rotatable bonds is 7. The lowest BCUT2D eigenvalue weighted by Gasteiger charge is -2.20. The lowest BCUT2D eigenvalue weighted by atomic mass is 10.0. The van der Waals surface area contributed by atoms with Crippen LogP contribution in [0.5, 0.6) is 0 Å². The standard InChI is InChI=1S/C22H25N3/c1-6-8-20(9-7-2)22-14-21(18(5)24-25-22)17(4)23-15-19-12-10-16(3)11-13-19/h6-14,23-24H,1,4-5,15H2,2-3H3/b9-7-,20-8+. The molecule has 1 heterocycles. The minimum absolute atomic E-state index is 0.709. The number of benzene rings is 1. The molecule has 0 aliphatic carbocycles. The fourth-order valence-electron chi connectivity index (χ4n) is 2.40. The van der Waals surface area contributed by atoms with Crippen molar-refractivity contribution in [3.8, 4) is 0 Å². The maximum atomic E-state index is 4.36. The number of aryl methyl sites for hydroxylation is 1. The normalized spacial score (nSPS) is 14.6. The molecule has 2 rings (SSSR count). The second kappa shape index (κ2) is 8.69. The molecule has 0 aromatic heterocycles. The topological polar surface area (TPSA) is 36.4 Å². The summed E-state index contributed by atoms with van der Waals surface area (Å²) in [6, 6.07) is 8.44. The summed E-state index contributed by atoms with van der Waals surface area (Å²) in [5.74, 6) is 0. The molecule has 1 aliphatic rings. The first-order valence-electron chi connectivity index (χ1n) is 8.24. The van der Waals surface area contributed by atoms with Crippen molar-refractivity contribution < 1.29 is 0 Å². The largest absolute Gasteiger partial charge is 0.381 e. The quantitative estimate of drug-likeness (QED) is 0.711. The maximum absolute atomic E-state index is 4.36. The zero-order valence-corrected chi connectivity index (χ0v) is 15.0. The van der Waals surface area contributed by atoms with E-state index in [0.717, 1.165) is 28.3 Å². The smallest absolute Gasteiger partial charge is 0.0913 e. The van der Waals surface area contributed by atoms with Gasteiger partial charge in [-0.1, -0.05) is 73.9 Å². The van der Waals surface area contributed by atoms with E-state index < -0.39 is 0 Å². The van der Waals surface area contributed by atoms with E-state index in [0.29, 0.717) is 6.54 Å². The number of hydrogen-bond donors (Lipinski definition) is 2. The Morgan fingerprint density at radius 2 is 2.00 bits per heavy atom. The van der Waals surface area contributed by atoms with E-state index in [-0.39, 0.29) is 0 Å². The Kier molecular flexibility index (Phi) is 6.35. The minimum atomic E-state index is 0.709. The SMILES string of the molecule is C=C/C=C(\C=C/C)C1=NNC(=C)C(C(=C)NCc2ccc(C)cc2)=C1. The van der Waals surface area contributed by atoms with E-state index in [1.165, 1.54) is 11.1 Å². The molecule has 0 spiro atoms. The van der Waals surface area contributed by atoms with Crippen LogP contribution in [0.3, 0.4) is 0 Å². The molecule has 0 saturated carbocycles. The number of allylic oxidation sites excluding steroid dienone is 6. The van der Waals surface area contributed by atoms with Crippen molar-refractivity contribution in [2.45, 2.75) is 20.4 Å². The second-order valence-corrected chi connectivity index (χ2v) is 5.82. The molecule has 0 saturated heterocycles. The van der Waals surface area contributed by atoms with Gasteiger partial charge < -0.3 is 5.32 Å². The van der Waals surface area contributed by atoms with Gasteiger partial charge in [0.25, 0.3) is 0 Å². The summed E-state index contributed by atoms with van der Waals surface area (Å²) in [5.41, 5.74) is 9.68. The molecule has 1 aromatic rings. The van der Waals surface area contributed by atoms with E-state index in [2.05, 4.69) is 66.8 Å². The zero-order valence-electron chi connectivity index (χ0n) is 15.0. The molecule has 0 radical (unpaired) electrons. The first-order chi connectivity index (χ1) is 12.0. The van der Waals surface area contributed by atoms with Gasteiger partial charge in [0.05, 0.1) is 11.4 Å². The van der Waals surface area contributed by atoms with Gasteiger partial charge in [-0.3, -0.25) is 5.43 Å². The molecule has 1 aliphatic heterocycles. The Hall–Kier alpha value is -3.07. The van der Waals surface area contributed by atoms with Crippen molar-refractivity contribution in [1.82, 2.24) is 10.7 Å². The van der Waals surface area contributed by atoms with Gasteiger partial charge in [0.1, 0.15) is 0 Å². The second-order valence-electron chi connectivity index (χ2n) is 5.82. The van der Waals surface area contributed by atoms with Crippen LogP contribution in [0.15, 0.2) is 102 Å². The Bertz CT molecular complexity index is 787. The molecule has 0 atom stereocenters. The van der Waals surface area contributed by atoms with Gasteiger partial charge in [0.15, 0.2) is 0 Å². The fraction of sp³-hybridized carbons (Fsp3) is 0.136. The van der Waals surface area contributed by atoms with Crippen LogP contribution in [-0.2, 0) is 6.54 Å². The van der Waals surface area contributed by atoms with Gasteiger partial charge in [-0.15, -0.1) is 0 Å². The molecule has 0 unspecified atom stereocenters. The van der Waals surface area contributed by atoms with Crippen LogP contribution >= 0.6 is 0 Å². The van der Waals surface area contributed by atoms with Gasteiger partial charge in [0.2, 0.25) is 0 Å². The van der Waals surface area contributed by atoms with Crippen LogP contribution in [0.2, 0.25) is 0 Å². The average molecular weight is 331 g/mol. The molecular formula is C22H25N3. The Morgan fingerprint density at radius 1 is 1.28 bits per heavy atom. The Balaban J connectivity index is 2.14. The molecule has 0 fully saturated rings. The molecule has 128 valence electrons. The predicted molar refractivity (Wildman–Crippen MR) is 108 cm³/mol. The number of nitrogens with zero attached hydrogens (tertiary/aromatic N) is 1. The first kappa shape index (κ1) is 18.3. The molecule has 3 heteroatoms. The highest BCUT2D eigenvalue weighted by Gasteiger charge is 2.14. The van der Waals surface area contributed by atoms with Gasteiger partial charge in [-0.05, 0) is 25.5 Å². The lowest BCUT2D eigenvalue weighted by molar-refractivity contribution is 0.804. The number of hydrazone groups is 1. The van der Waals surface area contributed by atoms with Gasteiger partial charge in [0, 0.05) is 23.4 Å². The third-order valence-electron chi connectivity index (χ3n) is 3.81. The summed E-state index contributed by atoms with van der Waals surface area (Å²) in [4.78, 5) is 0. The lowest BCUT2D eigenvalue weighted by Crippen LogP contribution is -2.23. The van der Waals surface area contributed by atoms with Crippen molar-refractivity contribution in [1.29, 1.82) is 0 Å². The summed E-state index contributed by atoms with van der Waals surface area (Å²) >= 11 is 0. The third-order valence-corrected chi connectivity index (χ3v) is 3.81. The highest BCUT2D eigenvalue weighted by atomic mass is 15.3. The van der Waals surface area contributed by atoms with Crippen LogP contribution in [0, 0.1) is 6.92 Å². The summed E-state index contributed by atoms with van der Waals surface area (Å²) in [5, 5.41) is 7.73. The monoisotopic (exact) mass is 331 g/mol. The van der Waals surface area contributed by atoms with Crippen molar-refractivity contribution in [2.24, 2.45) is 5.10 Å². The van der Waals surface area contributed by atoms with E-state index in [1.54, 1.807) is 6.08 Å². The molecular weight excluding hydrogens is 306 g/mol. The van der Waals surface area contributed by atoms with E-state index in [4.69, 9.17) is 0 Å². The third kappa shape index (κ3) is 4.95. The van der Waals surface area contributed by atoms with Crippen LogP contribution in [0.25, 0.3) is 0 Å². The van der Waals surface area contributed by atoms with E-state index in [9.17, 15) is 0 Å². The first-order valence-corrected chi connectivity index (χ1v) is 8.24. The summed E-state index contributed by atoms with van der Waals surface area (Å²) < 4.78 is 0. The number of hydrogen-bond acceptors (Lipinski definition) is 3. The Morgan fingerprint density at radius 3 is 2.64 bits per heavy atom. The molecule has 2 N–H and O–H groups in total.